The van der Waals surface area contributed by atoms with E-state index in [9.17, 15) is 22.0 Å². The van der Waals surface area contributed by atoms with Gasteiger partial charge in [0.05, 0.1) is 0 Å². The van der Waals surface area contributed by atoms with Crippen LogP contribution in [0.4, 0.5) is 27.1 Å². The van der Waals surface area contributed by atoms with E-state index in [2.05, 4.69) is 4.98 Å². The summed E-state index contributed by atoms with van der Waals surface area (Å²) in [6, 6.07) is 0. The van der Waals surface area contributed by atoms with Crippen LogP contribution in [0.3, 0.4) is 0 Å². The molecule has 96 valence electrons. The lowest BCUT2D eigenvalue weighted by Gasteiger charge is -2.06. The molecule has 8 heteroatoms. The minimum atomic E-state index is -2.17. The maximum atomic E-state index is 13.3. The number of rotatable bonds is 2. The number of nitrogens with two attached hydrogens (primary N) is 1. The van der Waals surface area contributed by atoms with E-state index >= 15 is 0 Å². The summed E-state index contributed by atoms with van der Waals surface area (Å²) >= 11 is 0.911. The molecular formula is C10H5F5N2S. The molecule has 0 bridgehead atoms. The minimum absolute atomic E-state index is 0.147. The van der Waals surface area contributed by atoms with Crippen molar-refractivity contribution in [3.05, 3.63) is 45.7 Å². The highest BCUT2D eigenvalue weighted by molar-refractivity contribution is 7.15. The molecule has 0 saturated heterocycles. The Kier molecular flexibility index (Phi) is 3.20. The second kappa shape index (κ2) is 4.52. The molecule has 0 amide bonds. The summed E-state index contributed by atoms with van der Waals surface area (Å²) in [4.78, 5) is 3.93. The highest BCUT2D eigenvalue weighted by Gasteiger charge is 2.25. The van der Waals surface area contributed by atoms with Gasteiger partial charge in [-0.15, -0.1) is 11.3 Å². The van der Waals surface area contributed by atoms with Gasteiger partial charge in [0.25, 0.3) is 0 Å². The fourth-order valence-corrected chi connectivity index (χ4v) is 2.08. The van der Waals surface area contributed by atoms with Crippen LogP contribution < -0.4 is 5.73 Å². The third kappa shape index (κ3) is 2.03. The van der Waals surface area contributed by atoms with Crippen LogP contribution in [0.25, 0.3) is 0 Å². The first-order valence-electron chi connectivity index (χ1n) is 4.62. The summed E-state index contributed by atoms with van der Waals surface area (Å²) < 4.78 is 65.3. The van der Waals surface area contributed by atoms with Crippen LogP contribution in [0.2, 0.25) is 0 Å². The Bertz CT molecular complexity index is 582. The van der Waals surface area contributed by atoms with Crippen molar-refractivity contribution in [1.82, 2.24) is 4.98 Å². The monoisotopic (exact) mass is 280 g/mol. The van der Waals surface area contributed by atoms with Gasteiger partial charge < -0.3 is 5.73 Å². The van der Waals surface area contributed by atoms with Gasteiger partial charge in [-0.1, -0.05) is 0 Å². The lowest BCUT2D eigenvalue weighted by molar-refractivity contribution is 0.371. The largest absolute Gasteiger partial charge is 0.375 e. The van der Waals surface area contributed by atoms with Crippen LogP contribution >= 0.6 is 11.3 Å². The Morgan fingerprint density at radius 2 is 1.44 bits per heavy atom. The highest BCUT2D eigenvalue weighted by atomic mass is 32.1. The van der Waals surface area contributed by atoms with Gasteiger partial charge in [-0.3, -0.25) is 0 Å². The molecule has 0 aliphatic heterocycles. The van der Waals surface area contributed by atoms with Gasteiger partial charge in [0.1, 0.15) is 0 Å². The molecule has 1 aromatic heterocycles. The number of nitrogens with zero attached hydrogens (tertiary/aromatic N) is 1. The zero-order valence-electron chi connectivity index (χ0n) is 8.61. The second-order valence-electron chi connectivity index (χ2n) is 3.39. The molecule has 0 saturated carbocycles. The Hall–Kier alpha value is -1.70. The Labute approximate surface area is 102 Å². The van der Waals surface area contributed by atoms with E-state index in [1.807, 2.05) is 0 Å². The van der Waals surface area contributed by atoms with Crippen molar-refractivity contribution in [2.45, 2.75) is 6.42 Å². The van der Waals surface area contributed by atoms with Crippen LogP contribution in [0.15, 0.2) is 6.20 Å². The van der Waals surface area contributed by atoms with Crippen molar-refractivity contribution in [2.75, 3.05) is 5.73 Å². The molecule has 0 aliphatic carbocycles. The van der Waals surface area contributed by atoms with Crippen LogP contribution in [0.5, 0.6) is 0 Å². The molecular weight excluding hydrogens is 275 g/mol. The predicted molar refractivity (Wildman–Crippen MR) is 55.6 cm³/mol. The number of anilines is 1. The molecule has 0 atom stereocenters. The van der Waals surface area contributed by atoms with E-state index in [1.54, 1.807) is 0 Å². The fraction of sp³-hybridized carbons (Fsp3) is 0.100. The third-order valence-electron chi connectivity index (χ3n) is 2.22. The summed E-state index contributed by atoms with van der Waals surface area (Å²) in [5.41, 5.74) is 4.41. The zero-order valence-corrected chi connectivity index (χ0v) is 9.42. The maximum absolute atomic E-state index is 13.3. The molecule has 0 radical (unpaired) electrons. The van der Waals surface area contributed by atoms with Crippen molar-refractivity contribution in [2.24, 2.45) is 0 Å². The van der Waals surface area contributed by atoms with E-state index < -0.39 is 41.1 Å². The van der Waals surface area contributed by atoms with Crippen LogP contribution in [-0.4, -0.2) is 4.98 Å². The van der Waals surface area contributed by atoms with Gasteiger partial charge in [-0.05, 0) is 0 Å². The standard InChI is InChI=1S/C10H5F5N2S/c11-5-4(1-3-2-17-10(16)18-3)6(12)8(14)9(15)7(5)13/h2H,1H2,(H2,16,17). The van der Waals surface area contributed by atoms with Gasteiger partial charge in [-0.25, -0.2) is 26.9 Å². The topological polar surface area (TPSA) is 38.9 Å². The van der Waals surface area contributed by atoms with Crippen molar-refractivity contribution >= 4 is 16.5 Å². The molecule has 0 spiro atoms. The van der Waals surface area contributed by atoms with Gasteiger partial charge in [-0.2, -0.15) is 0 Å². The smallest absolute Gasteiger partial charge is 0.200 e. The predicted octanol–water partition coefficient (Wildman–Crippen LogP) is 3.01. The normalized spacial score (nSPS) is 10.9. The molecule has 2 nitrogen and oxygen atoms in total. The van der Waals surface area contributed by atoms with E-state index in [-0.39, 0.29) is 5.13 Å². The number of thiazole rings is 1. The van der Waals surface area contributed by atoms with Crippen LogP contribution in [-0.2, 0) is 6.42 Å². The van der Waals surface area contributed by atoms with E-state index in [1.165, 1.54) is 6.20 Å². The van der Waals surface area contributed by atoms with Gasteiger partial charge in [0.15, 0.2) is 28.4 Å². The summed E-state index contributed by atoms with van der Waals surface area (Å²) in [6.07, 6.45) is 0.763. The summed E-state index contributed by atoms with van der Waals surface area (Å²) in [6.45, 7) is 0. The molecule has 0 fully saturated rings. The van der Waals surface area contributed by atoms with Crippen molar-refractivity contribution in [1.29, 1.82) is 0 Å². The first-order valence-corrected chi connectivity index (χ1v) is 5.44. The van der Waals surface area contributed by atoms with Gasteiger partial charge in [0, 0.05) is 23.1 Å². The number of halogens is 5. The molecule has 2 N–H and O–H groups in total. The minimum Gasteiger partial charge on any atom is -0.375 e. The summed E-state index contributed by atoms with van der Waals surface area (Å²) in [7, 11) is 0. The second-order valence-corrected chi connectivity index (χ2v) is 4.54. The lowest BCUT2D eigenvalue weighted by atomic mass is 10.1. The Morgan fingerprint density at radius 1 is 0.944 bits per heavy atom. The number of hydrogen-bond acceptors (Lipinski definition) is 3. The number of nitrogen functional groups attached to an aromatic ring is 1. The molecule has 1 aromatic carbocycles. The van der Waals surface area contributed by atoms with Crippen LogP contribution in [0, 0.1) is 29.1 Å². The zero-order chi connectivity index (χ0) is 13.4. The first kappa shape index (κ1) is 12.7. The van der Waals surface area contributed by atoms with Crippen molar-refractivity contribution in [3.8, 4) is 0 Å². The lowest BCUT2D eigenvalue weighted by Crippen LogP contribution is -2.07. The Morgan fingerprint density at radius 3 is 1.89 bits per heavy atom. The van der Waals surface area contributed by atoms with E-state index in [0.29, 0.717) is 4.88 Å². The molecule has 0 unspecified atom stereocenters. The van der Waals surface area contributed by atoms with Gasteiger partial charge >= 0.3 is 0 Å². The highest BCUT2D eigenvalue weighted by Crippen LogP contribution is 2.27. The quantitative estimate of drug-likeness (QED) is 0.522. The molecule has 0 aliphatic rings. The van der Waals surface area contributed by atoms with E-state index in [4.69, 9.17) is 5.73 Å². The first-order chi connectivity index (χ1) is 8.41. The average Bonchev–Trinajstić information content (AvgIpc) is 2.75. The van der Waals surface area contributed by atoms with Crippen molar-refractivity contribution in [3.63, 3.8) is 0 Å². The fourth-order valence-electron chi connectivity index (χ4n) is 1.38. The van der Waals surface area contributed by atoms with Gasteiger partial charge in [0.2, 0.25) is 5.82 Å². The SMILES string of the molecule is Nc1ncc(Cc2c(F)c(F)c(F)c(F)c2F)s1. The van der Waals surface area contributed by atoms with Crippen LogP contribution in [0.1, 0.15) is 10.4 Å². The van der Waals surface area contributed by atoms with E-state index in [0.717, 1.165) is 11.3 Å². The summed E-state index contributed by atoms with van der Waals surface area (Å²) in [5.74, 6) is -9.75. The molecule has 2 aromatic rings. The number of aromatic nitrogens is 1. The molecule has 18 heavy (non-hydrogen) atoms. The number of benzene rings is 1. The average molecular weight is 280 g/mol. The number of hydrogen-bond donors (Lipinski definition) is 1. The Balaban J connectivity index is 2.51. The maximum Gasteiger partial charge on any atom is 0.200 e. The van der Waals surface area contributed by atoms with Crippen molar-refractivity contribution < 1.29 is 22.0 Å². The molecule has 1 heterocycles. The third-order valence-corrected chi connectivity index (χ3v) is 3.05. The molecule has 2 rings (SSSR count). The summed E-state index contributed by atoms with van der Waals surface area (Å²) in [5, 5.41) is 0.147.